The second kappa shape index (κ2) is 6.22. The zero-order valence-electron chi connectivity index (χ0n) is 12.3. The van der Waals surface area contributed by atoms with Crippen molar-refractivity contribution < 1.29 is 9.90 Å². The average Bonchev–Trinajstić information content (AvgIpc) is 3.00. The van der Waals surface area contributed by atoms with Crippen molar-refractivity contribution in [3.05, 3.63) is 22.3 Å². The lowest BCUT2D eigenvalue weighted by Gasteiger charge is -2.40. The lowest BCUT2D eigenvalue weighted by atomic mass is 9.91. The molecule has 0 unspecified atom stereocenters. The van der Waals surface area contributed by atoms with Gasteiger partial charge in [0.25, 0.3) is 5.91 Å². The Labute approximate surface area is 139 Å². The molecule has 0 saturated carbocycles. The first-order chi connectivity index (χ1) is 10.5. The van der Waals surface area contributed by atoms with E-state index in [0.717, 1.165) is 32.4 Å². The van der Waals surface area contributed by atoms with Crippen molar-refractivity contribution in [3.8, 4) is 0 Å². The fourth-order valence-electron chi connectivity index (χ4n) is 3.25. The number of pyridine rings is 1. The van der Waals surface area contributed by atoms with Gasteiger partial charge in [-0.25, -0.2) is 4.98 Å². The number of aliphatic hydroxyl groups is 1. The Kier molecular flexibility index (Phi) is 4.48. The lowest BCUT2D eigenvalue weighted by molar-refractivity contribution is -0.151. The first-order valence-corrected chi connectivity index (χ1v) is 8.33. The molecule has 3 heterocycles. The molecule has 2 aliphatic rings. The number of aromatic nitrogens is 1. The Morgan fingerprint density at radius 1 is 1.23 bits per heavy atom. The predicted molar refractivity (Wildman–Crippen MR) is 86.5 cm³/mol. The molecule has 0 spiro atoms. The van der Waals surface area contributed by atoms with Crippen LogP contribution in [-0.2, 0) is 4.79 Å². The summed E-state index contributed by atoms with van der Waals surface area (Å²) < 4.78 is 0. The van der Waals surface area contributed by atoms with Crippen molar-refractivity contribution in [1.29, 1.82) is 0 Å². The van der Waals surface area contributed by atoms with Gasteiger partial charge in [-0.3, -0.25) is 4.79 Å². The van der Waals surface area contributed by atoms with Crippen molar-refractivity contribution in [2.24, 2.45) is 0 Å². The fraction of sp³-hybridized carbons (Fsp3) is 0.600. The summed E-state index contributed by atoms with van der Waals surface area (Å²) in [6.45, 7) is 2.41. The highest BCUT2D eigenvalue weighted by molar-refractivity contribution is 6.36. The van der Waals surface area contributed by atoms with Gasteiger partial charge in [0.05, 0.1) is 16.6 Å². The van der Waals surface area contributed by atoms with Crippen molar-refractivity contribution in [1.82, 2.24) is 9.88 Å². The number of halogens is 2. The standard InChI is InChI=1S/C15H19Cl2N3O2/c16-11-8-12(17)13(18-9-11)20-7-3-4-15(22,10-20)14(21)19-5-1-2-6-19/h8-9,22H,1-7,10H2/t15-/m1/s1. The molecule has 1 amide bonds. The van der Waals surface area contributed by atoms with E-state index in [0.29, 0.717) is 28.8 Å². The molecule has 3 rings (SSSR count). The molecule has 0 aliphatic carbocycles. The number of carbonyl (C=O) groups excluding carboxylic acids is 1. The van der Waals surface area contributed by atoms with Crippen LogP contribution >= 0.6 is 23.2 Å². The molecule has 2 saturated heterocycles. The molecular weight excluding hydrogens is 325 g/mol. The number of anilines is 1. The molecule has 5 nitrogen and oxygen atoms in total. The van der Waals surface area contributed by atoms with E-state index in [4.69, 9.17) is 23.2 Å². The van der Waals surface area contributed by atoms with Gasteiger partial charge in [-0.1, -0.05) is 23.2 Å². The highest BCUT2D eigenvalue weighted by Gasteiger charge is 2.43. The van der Waals surface area contributed by atoms with Crippen LogP contribution in [0.15, 0.2) is 12.3 Å². The minimum Gasteiger partial charge on any atom is -0.378 e. The zero-order chi connectivity index (χ0) is 15.7. The molecule has 22 heavy (non-hydrogen) atoms. The van der Waals surface area contributed by atoms with E-state index in [-0.39, 0.29) is 12.5 Å². The van der Waals surface area contributed by atoms with Gasteiger partial charge in [-0.2, -0.15) is 0 Å². The first-order valence-electron chi connectivity index (χ1n) is 7.57. The minimum atomic E-state index is -1.35. The summed E-state index contributed by atoms with van der Waals surface area (Å²) in [6, 6.07) is 1.63. The van der Waals surface area contributed by atoms with Crippen LogP contribution in [0.2, 0.25) is 10.0 Å². The number of hydrogen-bond acceptors (Lipinski definition) is 4. The Hall–Kier alpha value is -1.04. The third kappa shape index (κ3) is 3.03. The SMILES string of the molecule is O=C(N1CCCC1)[C@@]1(O)CCCN(c2ncc(Cl)cc2Cl)C1. The summed E-state index contributed by atoms with van der Waals surface area (Å²) in [6.07, 6.45) is 4.74. The molecule has 1 N–H and O–H groups in total. The van der Waals surface area contributed by atoms with Gasteiger partial charge < -0.3 is 14.9 Å². The maximum atomic E-state index is 12.6. The second-order valence-electron chi connectivity index (χ2n) is 6.01. The lowest BCUT2D eigenvalue weighted by Crippen LogP contribution is -2.58. The van der Waals surface area contributed by atoms with Crippen LogP contribution in [0.3, 0.4) is 0 Å². The van der Waals surface area contributed by atoms with E-state index in [1.165, 1.54) is 6.20 Å². The van der Waals surface area contributed by atoms with Crippen molar-refractivity contribution in [2.75, 3.05) is 31.1 Å². The van der Waals surface area contributed by atoms with E-state index >= 15 is 0 Å². The van der Waals surface area contributed by atoms with Gasteiger partial charge in [0.1, 0.15) is 5.82 Å². The highest BCUT2D eigenvalue weighted by Crippen LogP contribution is 2.32. The Bertz CT molecular complexity index is 578. The van der Waals surface area contributed by atoms with Crippen LogP contribution in [0.25, 0.3) is 0 Å². The van der Waals surface area contributed by atoms with Crippen molar-refractivity contribution >= 4 is 34.9 Å². The summed E-state index contributed by atoms with van der Waals surface area (Å²) in [7, 11) is 0. The van der Waals surface area contributed by atoms with E-state index in [1.54, 1.807) is 11.0 Å². The fourth-order valence-corrected chi connectivity index (χ4v) is 3.75. The Morgan fingerprint density at radius 2 is 1.95 bits per heavy atom. The second-order valence-corrected chi connectivity index (χ2v) is 6.86. The molecule has 7 heteroatoms. The van der Waals surface area contributed by atoms with Gasteiger partial charge in [-0.15, -0.1) is 0 Å². The molecule has 0 aromatic carbocycles. The number of likely N-dealkylation sites (tertiary alicyclic amines) is 1. The number of carbonyl (C=O) groups is 1. The van der Waals surface area contributed by atoms with E-state index < -0.39 is 5.60 Å². The summed E-state index contributed by atoms with van der Waals surface area (Å²) >= 11 is 12.1. The number of β-amino-alcohol motifs (C(OH)–C–C–N with tert-alkyl or cyclic N) is 1. The molecule has 1 aromatic heterocycles. The smallest absolute Gasteiger partial charge is 0.256 e. The molecule has 1 atom stereocenters. The summed E-state index contributed by atoms with van der Waals surface area (Å²) in [5.74, 6) is 0.401. The van der Waals surface area contributed by atoms with Crippen LogP contribution in [-0.4, -0.2) is 52.7 Å². The summed E-state index contributed by atoms with van der Waals surface area (Å²) in [5, 5.41) is 11.7. The molecule has 2 aliphatic heterocycles. The molecule has 1 aromatic rings. The summed E-state index contributed by atoms with van der Waals surface area (Å²) in [5.41, 5.74) is -1.35. The normalized spacial score (nSPS) is 25.6. The van der Waals surface area contributed by atoms with Gasteiger partial charge in [0.2, 0.25) is 0 Å². The van der Waals surface area contributed by atoms with Crippen molar-refractivity contribution in [3.63, 3.8) is 0 Å². The maximum Gasteiger partial charge on any atom is 0.256 e. The molecule has 0 bridgehead atoms. The maximum absolute atomic E-state index is 12.6. The van der Waals surface area contributed by atoms with Crippen LogP contribution in [0.1, 0.15) is 25.7 Å². The third-order valence-corrected chi connectivity index (χ3v) is 4.83. The molecule has 0 radical (unpaired) electrons. The van der Waals surface area contributed by atoms with Gasteiger partial charge in [-0.05, 0) is 31.7 Å². The third-order valence-electron chi connectivity index (χ3n) is 4.35. The monoisotopic (exact) mass is 343 g/mol. The average molecular weight is 344 g/mol. The van der Waals surface area contributed by atoms with Crippen molar-refractivity contribution in [2.45, 2.75) is 31.3 Å². The van der Waals surface area contributed by atoms with Gasteiger partial charge in [0, 0.05) is 25.8 Å². The summed E-state index contributed by atoms with van der Waals surface area (Å²) in [4.78, 5) is 20.5. The first kappa shape index (κ1) is 15.8. The predicted octanol–water partition coefficient (Wildman–Crippen LogP) is 2.34. The molecule has 120 valence electrons. The number of nitrogens with zero attached hydrogens (tertiary/aromatic N) is 3. The van der Waals surface area contributed by atoms with Gasteiger partial charge >= 0.3 is 0 Å². The minimum absolute atomic E-state index is 0.167. The number of piperidine rings is 1. The Morgan fingerprint density at radius 3 is 2.64 bits per heavy atom. The number of hydrogen-bond donors (Lipinski definition) is 1. The van der Waals surface area contributed by atoms with Crippen LogP contribution in [0.5, 0.6) is 0 Å². The quantitative estimate of drug-likeness (QED) is 0.895. The van der Waals surface area contributed by atoms with Gasteiger partial charge in [0.15, 0.2) is 5.60 Å². The molecule has 2 fully saturated rings. The van der Waals surface area contributed by atoms with E-state index in [9.17, 15) is 9.90 Å². The van der Waals surface area contributed by atoms with Crippen LogP contribution in [0, 0.1) is 0 Å². The zero-order valence-corrected chi connectivity index (χ0v) is 13.8. The number of amides is 1. The topological polar surface area (TPSA) is 56.7 Å². The van der Waals surface area contributed by atoms with Crippen LogP contribution < -0.4 is 4.90 Å². The largest absolute Gasteiger partial charge is 0.378 e. The van der Waals surface area contributed by atoms with Crippen LogP contribution in [0.4, 0.5) is 5.82 Å². The van der Waals surface area contributed by atoms with E-state index in [2.05, 4.69) is 4.98 Å². The van der Waals surface area contributed by atoms with E-state index in [1.807, 2.05) is 4.90 Å². The molecular formula is C15H19Cl2N3O2. The Balaban J connectivity index is 1.79. The highest BCUT2D eigenvalue weighted by atomic mass is 35.5. The number of rotatable bonds is 2.